The molecule has 0 atom stereocenters. The highest BCUT2D eigenvalue weighted by molar-refractivity contribution is 6.55. The van der Waals surface area contributed by atoms with Gasteiger partial charge in [0, 0.05) is 11.6 Å². The van der Waals surface area contributed by atoms with Crippen LogP contribution in [0.25, 0.3) is 10.9 Å². The van der Waals surface area contributed by atoms with Crippen molar-refractivity contribution in [3.05, 3.63) is 30.1 Å². The van der Waals surface area contributed by atoms with Gasteiger partial charge in [0.25, 0.3) is 5.91 Å². The summed E-state index contributed by atoms with van der Waals surface area (Å²) in [5.74, 6) is -0.261. The van der Waals surface area contributed by atoms with Gasteiger partial charge >= 0.3 is 0 Å². The average Bonchev–Trinajstić information content (AvgIpc) is 2.65. The number of fused-ring (bicyclic) bond motifs is 3. The van der Waals surface area contributed by atoms with E-state index in [1.165, 1.54) is 6.20 Å². The molecule has 0 unspecified atom stereocenters. The van der Waals surface area contributed by atoms with Crippen molar-refractivity contribution in [1.82, 2.24) is 9.97 Å². The molecule has 0 radical (unpaired) electrons. The third-order valence-corrected chi connectivity index (χ3v) is 2.43. The SMILES string of the molecule is O=C1Nc2ncc3ncccc3c2/C1=N/F. The predicted octanol–water partition coefficient (Wildman–Crippen LogP) is 1.26. The lowest BCUT2D eigenvalue weighted by atomic mass is 10.1. The maximum Gasteiger partial charge on any atom is 0.278 e. The van der Waals surface area contributed by atoms with Gasteiger partial charge in [-0.15, -0.1) is 0 Å². The van der Waals surface area contributed by atoms with Crippen LogP contribution in [0.1, 0.15) is 5.56 Å². The summed E-state index contributed by atoms with van der Waals surface area (Å²) in [6, 6.07) is 3.45. The molecule has 0 aromatic carbocycles. The molecule has 1 amide bonds. The average molecular weight is 216 g/mol. The number of carbonyl (C=O) groups is 1. The molecule has 3 rings (SSSR count). The lowest BCUT2D eigenvalue weighted by molar-refractivity contribution is -0.110. The van der Waals surface area contributed by atoms with Gasteiger partial charge in [-0.25, -0.2) is 4.98 Å². The summed E-state index contributed by atoms with van der Waals surface area (Å²) in [6.07, 6.45) is 3.13. The number of hydrogen-bond donors (Lipinski definition) is 1. The van der Waals surface area contributed by atoms with Crippen LogP contribution >= 0.6 is 0 Å². The molecular formula is C10H5FN4O. The summed E-state index contributed by atoms with van der Waals surface area (Å²) in [5, 5.41) is 5.59. The highest BCUT2D eigenvalue weighted by Gasteiger charge is 2.29. The van der Waals surface area contributed by atoms with Crippen LogP contribution in [-0.2, 0) is 4.79 Å². The molecule has 0 bridgehead atoms. The van der Waals surface area contributed by atoms with Crippen molar-refractivity contribution in [2.24, 2.45) is 5.21 Å². The zero-order valence-corrected chi connectivity index (χ0v) is 7.94. The van der Waals surface area contributed by atoms with E-state index in [0.717, 1.165) is 0 Å². The van der Waals surface area contributed by atoms with Gasteiger partial charge < -0.3 is 5.32 Å². The molecule has 78 valence electrons. The number of amides is 1. The zero-order valence-electron chi connectivity index (χ0n) is 7.94. The van der Waals surface area contributed by atoms with Gasteiger partial charge in [0.2, 0.25) is 0 Å². The molecule has 1 N–H and O–H groups in total. The quantitative estimate of drug-likeness (QED) is 0.720. The zero-order chi connectivity index (χ0) is 11.1. The molecule has 0 spiro atoms. The summed E-state index contributed by atoms with van der Waals surface area (Å²) >= 11 is 0. The molecule has 0 saturated carbocycles. The number of halogens is 1. The van der Waals surface area contributed by atoms with E-state index >= 15 is 0 Å². The van der Waals surface area contributed by atoms with E-state index in [1.54, 1.807) is 18.3 Å². The van der Waals surface area contributed by atoms with Gasteiger partial charge in [-0.3, -0.25) is 9.78 Å². The Kier molecular flexibility index (Phi) is 1.70. The molecule has 0 fully saturated rings. The molecule has 0 aliphatic carbocycles. The van der Waals surface area contributed by atoms with Gasteiger partial charge in [-0.2, -0.15) is 0 Å². The van der Waals surface area contributed by atoms with Crippen molar-refractivity contribution in [2.45, 2.75) is 0 Å². The number of carbonyl (C=O) groups excluding carboxylic acids is 1. The molecule has 2 aromatic rings. The fourth-order valence-corrected chi connectivity index (χ4v) is 1.74. The molecule has 1 aliphatic rings. The number of nitrogens with zero attached hydrogens (tertiary/aromatic N) is 3. The summed E-state index contributed by atoms with van der Waals surface area (Å²) in [4.78, 5) is 19.4. The van der Waals surface area contributed by atoms with E-state index in [2.05, 4.69) is 20.5 Å². The molecule has 5 nitrogen and oxygen atoms in total. The number of anilines is 1. The van der Waals surface area contributed by atoms with E-state index in [-0.39, 0.29) is 5.71 Å². The van der Waals surface area contributed by atoms with E-state index in [9.17, 15) is 9.28 Å². The second kappa shape index (κ2) is 3.06. The maximum atomic E-state index is 12.4. The minimum atomic E-state index is -0.582. The Bertz CT molecular complexity index is 638. The Morgan fingerprint density at radius 1 is 1.38 bits per heavy atom. The summed E-state index contributed by atoms with van der Waals surface area (Å²) in [5.41, 5.74) is 0.720. The van der Waals surface area contributed by atoms with Gasteiger partial charge in [-0.05, 0) is 6.07 Å². The van der Waals surface area contributed by atoms with E-state index < -0.39 is 5.91 Å². The number of nitrogens with one attached hydrogen (secondary N) is 1. The number of hydrogen-bond acceptors (Lipinski definition) is 4. The van der Waals surface area contributed by atoms with Crippen LogP contribution in [0.15, 0.2) is 29.7 Å². The Hall–Kier alpha value is -2.37. The van der Waals surface area contributed by atoms with Gasteiger partial charge in [0.05, 0.1) is 17.3 Å². The van der Waals surface area contributed by atoms with Crippen LogP contribution in [0.5, 0.6) is 0 Å². The first-order valence-corrected chi connectivity index (χ1v) is 4.55. The van der Waals surface area contributed by atoms with Gasteiger partial charge in [0.1, 0.15) is 5.82 Å². The minimum Gasteiger partial charge on any atom is -0.305 e. The van der Waals surface area contributed by atoms with E-state index in [0.29, 0.717) is 22.3 Å². The topological polar surface area (TPSA) is 67.2 Å². The van der Waals surface area contributed by atoms with Crippen molar-refractivity contribution < 1.29 is 9.28 Å². The number of rotatable bonds is 0. The summed E-state index contributed by atoms with van der Waals surface area (Å²) < 4.78 is 12.4. The molecule has 0 saturated heterocycles. The first-order chi connectivity index (χ1) is 7.81. The van der Waals surface area contributed by atoms with Gasteiger partial charge in [-0.1, -0.05) is 15.8 Å². The Balaban J connectivity index is 2.44. The van der Waals surface area contributed by atoms with Crippen LogP contribution in [0.3, 0.4) is 0 Å². The lowest BCUT2D eigenvalue weighted by Crippen LogP contribution is -2.13. The van der Waals surface area contributed by atoms with Crippen LogP contribution in [0.2, 0.25) is 0 Å². The molecule has 16 heavy (non-hydrogen) atoms. The predicted molar refractivity (Wildman–Crippen MR) is 55.8 cm³/mol. The van der Waals surface area contributed by atoms with Crippen molar-refractivity contribution in [3.63, 3.8) is 0 Å². The minimum absolute atomic E-state index is 0.249. The van der Waals surface area contributed by atoms with Crippen molar-refractivity contribution >= 4 is 28.3 Å². The monoisotopic (exact) mass is 216 g/mol. The van der Waals surface area contributed by atoms with Gasteiger partial charge in [0.15, 0.2) is 5.71 Å². The van der Waals surface area contributed by atoms with Crippen LogP contribution < -0.4 is 5.32 Å². The van der Waals surface area contributed by atoms with Crippen molar-refractivity contribution in [3.8, 4) is 0 Å². The van der Waals surface area contributed by atoms with Crippen molar-refractivity contribution in [2.75, 3.05) is 5.32 Å². The molecular weight excluding hydrogens is 211 g/mol. The van der Waals surface area contributed by atoms with Crippen LogP contribution in [0, 0.1) is 0 Å². The maximum absolute atomic E-state index is 12.4. The second-order valence-electron chi connectivity index (χ2n) is 3.31. The van der Waals surface area contributed by atoms with Crippen molar-refractivity contribution in [1.29, 1.82) is 0 Å². The third kappa shape index (κ3) is 1.04. The molecule has 2 aromatic heterocycles. The van der Waals surface area contributed by atoms with E-state index in [1.807, 2.05) is 0 Å². The highest BCUT2D eigenvalue weighted by Crippen LogP contribution is 2.28. The second-order valence-corrected chi connectivity index (χ2v) is 3.31. The number of aromatic nitrogens is 2. The standard InChI is InChI=1S/C10H5FN4O/c11-15-8-7-5-2-1-3-12-6(5)4-13-9(7)14-10(8)16/h1-4H,(H,13,14,15,16). The Morgan fingerprint density at radius 2 is 2.25 bits per heavy atom. The first-order valence-electron chi connectivity index (χ1n) is 4.55. The summed E-state index contributed by atoms with van der Waals surface area (Å²) in [7, 11) is 0. The lowest BCUT2D eigenvalue weighted by Gasteiger charge is -2.00. The normalized spacial score (nSPS) is 16.6. The van der Waals surface area contributed by atoms with Crippen LogP contribution in [0.4, 0.5) is 10.3 Å². The fourth-order valence-electron chi connectivity index (χ4n) is 1.74. The molecule has 1 aliphatic heterocycles. The smallest absolute Gasteiger partial charge is 0.278 e. The largest absolute Gasteiger partial charge is 0.305 e. The third-order valence-electron chi connectivity index (χ3n) is 2.43. The summed E-state index contributed by atoms with van der Waals surface area (Å²) in [6.45, 7) is 0. The Morgan fingerprint density at radius 3 is 3.06 bits per heavy atom. The first kappa shape index (κ1) is 8.90. The molecule has 3 heterocycles. The number of pyridine rings is 2. The molecule has 6 heteroatoms. The van der Waals surface area contributed by atoms with E-state index in [4.69, 9.17) is 0 Å². The fraction of sp³-hybridized carbons (Fsp3) is 0. The van der Waals surface area contributed by atoms with Crippen LogP contribution in [-0.4, -0.2) is 21.6 Å². The Labute approximate surface area is 89.0 Å². The highest BCUT2D eigenvalue weighted by atomic mass is 19.2.